The Morgan fingerprint density at radius 1 is 1.33 bits per heavy atom. The van der Waals surface area contributed by atoms with Gasteiger partial charge in [-0.15, -0.1) is 11.3 Å². The summed E-state index contributed by atoms with van der Waals surface area (Å²) in [4.78, 5) is 16.6. The lowest BCUT2D eigenvalue weighted by atomic mass is 10.2. The van der Waals surface area contributed by atoms with Crippen LogP contribution in [0.4, 0.5) is 10.1 Å². The number of aromatic nitrogens is 1. The third kappa shape index (κ3) is 3.07. The molecule has 0 unspecified atom stereocenters. The van der Waals surface area contributed by atoms with Gasteiger partial charge in [-0.2, -0.15) is 0 Å². The third-order valence-electron chi connectivity index (χ3n) is 2.76. The van der Waals surface area contributed by atoms with Crippen LogP contribution in [0.25, 0.3) is 10.1 Å². The number of rotatable bonds is 2. The SMILES string of the molecule is O=C(Nc1cnc(Cl)c(Br)c1)c1cc2ccc(F)cc2s1. The van der Waals surface area contributed by atoms with E-state index in [9.17, 15) is 9.18 Å². The maximum atomic E-state index is 13.2. The molecule has 0 spiro atoms. The molecule has 21 heavy (non-hydrogen) atoms. The minimum Gasteiger partial charge on any atom is -0.320 e. The number of carbonyl (C=O) groups is 1. The van der Waals surface area contributed by atoms with Crippen LogP contribution in [0, 0.1) is 5.82 Å². The van der Waals surface area contributed by atoms with Gasteiger partial charge < -0.3 is 5.32 Å². The molecule has 2 heterocycles. The van der Waals surface area contributed by atoms with Gasteiger partial charge in [-0.3, -0.25) is 4.79 Å². The Morgan fingerprint density at radius 3 is 2.90 bits per heavy atom. The van der Waals surface area contributed by atoms with Crippen molar-refractivity contribution in [2.45, 2.75) is 0 Å². The van der Waals surface area contributed by atoms with E-state index in [1.807, 2.05) is 0 Å². The highest BCUT2D eigenvalue weighted by Gasteiger charge is 2.12. The van der Waals surface area contributed by atoms with Crippen molar-refractivity contribution in [2.24, 2.45) is 0 Å². The molecular weight excluding hydrogens is 379 g/mol. The normalized spacial score (nSPS) is 10.8. The van der Waals surface area contributed by atoms with Gasteiger partial charge in [-0.05, 0) is 45.6 Å². The topological polar surface area (TPSA) is 42.0 Å². The summed E-state index contributed by atoms with van der Waals surface area (Å²) in [6, 6.07) is 7.83. The number of thiophene rings is 1. The second-order valence-corrected chi connectivity index (χ2v) is 6.54. The van der Waals surface area contributed by atoms with Gasteiger partial charge in [0, 0.05) is 4.70 Å². The summed E-state index contributed by atoms with van der Waals surface area (Å²) in [7, 11) is 0. The number of benzene rings is 1. The van der Waals surface area contributed by atoms with Gasteiger partial charge >= 0.3 is 0 Å². The molecule has 0 radical (unpaired) electrons. The van der Waals surface area contributed by atoms with E-state index in [0.717, 1.165) is 10.1 Å². The first-order valence-electron chi connectivity index (χ1n) is 5.84. The smallest absolute Gasteiger partial charge is 0.265 e. The summed E-state index contributed by atoms with van der Waals surface area (Å²) in [6.07, 6.45) is 1.47. The maximum absolute atomic E-state index is 13.2. The van der Waals surface area contributed by atoms with Crippen LogP contribution in [-0.2, 0) is 0 Å². The number of fused-ring (bicyclic) bond motifs is 1. The summed E-state index contributed by atoms with van der Waals surface area (Å²) in [6.45, 7) is 0. The summed E-state index contributed by atoms with van der Waals surface area (Å²) < 4.78 is 14.5. The van der Waals surface area contributed by atoms with Crippen molar-refractivity contribution in [2.75, 3.05) is 5.32 Å². The quantitative estimate of drug-likeness (QED) is 0.623. The zero-order valence-corrected chi connectivity index (χ0v) is 13.5. The van der Waals surface area contributed by atoms with Gasteiger partial charge in [0.1, 0.15) is 11.0 Å². The fourth-order valence-corrected chi connectivity index (χ4v) is 3.23. The molecule has 0 aliphatic carbocycles. The Hall–Kier alpha value is -1.50. The maximum Gasteiger partial charge on any atom is 0.265 e. The number of halogens is 3. The molecular formula is C14H7BrClFN2OS. The third-order valence-corrected chi connectivity index (χ3v) is 4.99. The number of nitrogens with zero attached hydrogens (tertiary/aromatic N) is 1. The Balaban J connectivity index is 1.87. The number of anilines is 1. The minimum absolute atomic E-state index is 0.271. The van der Waals surface area contributed by atoms with Crippen molar-refractivity contribution in [3.05, 3.63) is 56.8 Å². The Bertz CT molecular complexity index is 852. The van der Waals surface area contributed by atoms with Gasteiger partial charge in [-0.1, -0.05) is 17.7 Å². The first-order valence-corrected chi connectivity index (χ1v) is 7.83. The van der Waals surface area contributed by atoms with Crippen molar-refractivity contribution in [3.63, 3.8) is 0 Å². The number of amides is 1. The fraction of sp³-hybridized carbons (Fsp3) is 0. The predicted molar refractivity (Wildman–Crippen MR) is 86.7 cm³/mol. The van der Waals surface area contributed by atoms with E-state index in [0.29, 0.717) is 20.2 Å². The van der Waals surface area contributed by atoms with Crippen molar-refractivity contribution < 1.29 is 9.18 Å². The molecule has 7 heteroatoms. The monoisotopic (exact) mass is 384 g/mol. The van der Waals surface area contributed by atoms with Crippen LogP contribution >= 0.6 is 38.9 Å². The van der Waals surface area contributed by atoms with E-state index >= 15 is 0 Å². The first-order chi connectivity index (χ1) is 10.0. The molecule has 3 nitrogen and oxygen atoms in total. The molecule has 1 amide bonds. The summed E-state index contributed by atoms with van der Waals surface area (Å²) >= 11 is 10.3. The number of nitrogens with one attached hydrogen (secondary N) is 1. The molecule has 3 aromatic rings. The van der Waals surface area contributed by atoms with E-state index in [2.05, 4.69) is 26.2 Å². The van der Waals surface area contributed by atoms with Crippen LogP contribution in [0.2, 0.25) is 5.15 Å². The van der Waals surface area contributed by atoms with Gasteiger partial charge in [0.2, 0.25) is 0 Å². The molecule has 106 valence electrons. The van der Waals surface area contributed by atoms with Crippen LogP contribution in [0.1, 0.15) is 9.67 Å². The number of pyridine rings is 1. The van der Waals surface area contributed by atoms with Crippen LogP contribution in [-0.4, -0.2) is 10.9 Å². The van der Waals surface area contributed by atoms with E-state index < -0.39 is 0 Å². The van der Waals surface area contributed by atoms with E-state index in [4.69, 9.17) is 11.6 Å². The predicted octanol–water partition coefficient (Wildman–Crippen LogP) is 5.10. The highest BCUT2D eigenvalue weighted by molar-refractivity contribution is 9.10. The Morgan fingerprint density at radius 2 is 2.14 bits per heavy atom. The van der Waals surface area contributed by atoms with Crippen molar-refractivity contribution in [1.82, 2.24) is 4.98 Å². The lowest BCUT2D eigenvalue weighted by Gasteiger charge is -2.04. The summed E-state index contributed by atoms with van der Waals surface area (Å²) in [5, 5.41) is 3.89. The second kappa shape index (κ2) is 5.71. The standard InChI is InChI=1S/C14H7BrClFN2OS/c15-10-5-9(6-18-13(10)16)19-14(20)12-3-7-1-2-8(17)4-11(7)21-12/h1-6H,(H,19,20). The van der Waals surface area contributed by atoms with E-state index in [1.54, 1.807) is 18.2 Å². The van der Waals surface area contributed by atoms with Crippen molar-refractivity contribution in [1.29, 1.82) is 0 Å². The molecule has 1 aromatic carbocycles. The van der Waals surface area contributed by atoms with Crippen LogP contribution in [0.15, 0.2) is 41.0 Å². The average Bonchev–Trinajstić information content (AvgIpc) is 2.86. The van der Waals surface area contributed by atoms with Crippen LogP contribution < -0.4 is 5.32 Å². The Labute approximate surface area is 136 Å². The highest BCUT2D eigenvalue weighted by atomic mass is 79.9. The van der Waals surface area contributed by atoms with Gasteiger partial charge in [0.15, 0.2) is 0 Å². The summed E-state index contributed by atoms with van der Waals surface area (Å²) in [5.74, 6) is -0.588. The Kier molecular flexibility index (Phi) is 3.93. The lowest BCUT2D eigenvalue weighted by molar-refractivity contribution is 0.103. The molecule has 0 saturated heterocycles. The molecule has 0 aliphatic rings. The van der Waals surface area contributed by atoms with Crippen molar-refractivity contribution in [3.8, 4) is 0 Å². The van der Waals surface area contributed by atoms with Crippen LogP contribution in [0.5, 0.6) is 0 Å². The molecule has 1 N–H and O–H groups in total. The zero-order chi connectivity index (χ0) is 15.0. The molecule has 0 aliphatic heterocycles. The number of carbonyl (C=O) groups excluding carboxylic acids is 1. The van der Waals surface area contributed by atoms with Gasteiger partial charge in [0.05, 0.1) is 21.2 Å². The van der Waals surface area contributed by atoms with Crippen molar-refractivity contribution >= 4 is 60.5 Å². The van der Waals surface area contributed by atoms with Gasteiger partial charge in [-0.25, -0.2) is 9.37 Å². The summed E-state index contributed by atoms with van der Waals surface area (Å²) in [5.41, 5.74) is 0.528. The molecule has 0 fully saturated rings. The molecule has 2 aromatic heterocycles. The fourth-order valence-electron chi connectivity index (χ4n) is 1.80. The minimum atomic E-state index is -0.317. The molecule has 0 saturated carbocycles. The van der Waals surface area contributed by atoms with Crippen LogP contribution in [0.3, 0.4) is 0 Å². The molecule has 0 bridgehead atoms. The average molecular weight is 386 g/mol. The highest BCUT2D eigenvalue weighted by Crippen LogP contribution is 2.28. The zero-order valence-electron chi connectivity index (χ0n) is 10.4. The van der Waals surface area contributed by atoms with Gasteiger partial charge in [0.25, 0.3) is 5.91 Å². The van der Waals surface area contributed by atoms with E-state index in [-0.39, 0.29) is 11.7 Å². The lowest BCUT2D eigenvalue weighted by Crippen LogP contribution is -2.10. The first kappa shape index (κ1) is 14.4. The molecule has 0 atom stereocenters. The largest absolute Gasteiger partial charge is 0.320 e. The number of hydrogen-bond acceptors (Lipinski definition) is 3. The second-order valence-electron chi connectivity index (χ2n) is 4.24. The number of hydrogen-bond donors (Lipinski definition) is 1. The van der Waals surface area contributed by atoms with E-state index in [1.165, 1.54) is 29.7 Å². The molecule has 3 rings (SSSR count).